The van der Waals surface area contributed by atoms with Gasteiger partial charge in [-0.05, 0) is 30.2 Å². The summed E-state index contributed by atoms with van der Waals surface area (Å²) in [6.07, 6.45) is 3.83. The summed E-state index contributed by atoms with van der Waals surface area (Å²) in [6.45, 7) is 2.94. The molecule has 0 unspecified atom stereocenters. The molecule has 0 spiro atoms. The monoisotopic (exact) mass is 341 g/mol. The lowest BCUT2D eigenvalue weighted by molar-refractivity contribution is -0.128. The standard InChI is InChI=1S/C19H23N3O3/c1-15(23)22(12-9-16-6-3-4-8-18(16)25-2)13-11-21-19(24)17-7-5-10-20-14-17/h3-8,10,14H,9,11-13H2,1-2H3,(H,21,24). The van der Waals surface area contributed by atoms with E-state index in [9.17, 15) is 9.59 Å². The van der Waals surface area contributed by atoms with Crippen LogP contribution in [0.2, 0.25) is 0 Å². The lowest BCUT2D eigenvalue weighted by Crippen LogP contribution is -2.38. The minimum absolute atomic E-state index is 0.0227. The Balaban J connectivity index is 1.84. The SMILES string of the molecule is COc1ccccc1CCN(CCNC(=O)c1cccnc1)C(C)=O. The predicted molar refractivity (Wildman–Crippen MR) is 95.5 cm³/mol. The summed E-state index contributed by atoms with van der Waals surface area (Å²) in [6, 6.07) is 11.2. The number of carbonyl (C=O) groups is 2. The number of pyridine rings is 1. The first-order chi connectivity index (χ1) is 12.1. The first-order valence-electron chi connectivity index (χ1n) is 8.17. The van der Waals surface area contributed by atoms with E-state index in [1.807, 2.05) is 24.3 Å². The number of benzene rings is 1. The molecule has 6 heteroatoms. The van der Waals surface area contributed by atoms with Crippen molar-refractivity contribution in [3.05, 3.63) is 59.9 Å². The number of ether oxygens (including phenoxy) is 1. The lowest BCUT2D eigenvalue weighted by Gasteiger charge is -2.21. The molecule has 0 saturated heterocycles. The van der Waals surface area contributed by atoms with Gasteiger partial charge >= 0.3 is 0 Å². The zero-order valence-corrected chi connectivity index (χ0v) is 14.6. The minimum Gasteiger partial charge on any atom is -0.496 e. The summed E-state index contributed by atoms with van der Waals surface area (Å²) in [5.41, 5.74) is 1.56. The number of nitrogens with zero attached hydrogens (tertiary/aromatic N) is 2. The molecule has 0 aliphatic heterocycles. The number of amides is 2. The van der Waals surface area contributed by atoms with Gasteiger partial charge in [-0.3, -0.25) is 14.6 Å². The quantitative estimate of drug-likeness (QED) is 0.796. The highest BCUT2D eigenvalue weighted by atomic mass is 16.5. The second kappa shape index (κ2) is 9.42. The van der Waals surface area contributed by atoms with Crippen LogP contribution in [0.15, 0.2) is 48.8 Å². The highest BCUT2D eigenvalue weighted by Gasteiger charge is 2.11. The van der Waals surface area contributed by atoms with Crippen LogP contribution in [0.4, 0.5) is 0 Å². The van der Waals surface area contributed by atoms with Gasteiger partial charge in [-0.15, -0.1) is 0 Å². The van der Waals surface area contributed by atoms with Gasteiger partial charge in [0.25, 0.3) is 5.91 Å². The Hall–Kier alpha value is -2.89. The summed E-state index contributed by atoms with van der Waals surface area (Å²) in [4.78, 5) is 29.5. The smallest absolute Gasteiger partial charge is 0.252 e. The van der Waals surface area contributed by atoms with Crippen LogP contribution in [0.1, 0.15) is 22.8 Å². The maximum Gasteiger partial charge on any atom is 0.252 e. The number of methoxy groups -OCH3 is 1. The zero-order chi connectivity index (χ0) is 18.1. The van der Waals surface area contributed by atoms with E-state index in [0.29, 0.717) is 31.6 Å². The maximum atomic E-state index is 12.0. The summed E-state index contributed by atoms with van der Waals surface area (Å²) in [7, 11) is 1.63. The molecule has 0 radical (unpaired) electrons. The largest absolute Gasteiger partial charge is 0.496 e. The van der Waals surface area contributed by atoms with E-state index in [1.54, 1.807) is 30.3 Å². The number of hydrogen-bond donors (Lipinski definition) is 1. The second-order valence-corrected chi connectivity index (χ2v) is 5.57. The predicted octanol–water partition coefficient (Wildman–Crippen LogP) is 1.91. The molecular formula is C19H23N3O3. The number of aromatic nitrogens is 1. The van der Waals surface area contributed by atoms with Gasteiger partial charge in [0.1, 0.15) is 5.75 Å². The molecule has 2 aromatic rings. The summed E-state index contributed by atoms with van der Waals surface area (Å²) < 4.78 is 5.33. The molecule has 0 aliphatic rings. The van der Waals surface area contributed by atoms with Gasteiger partial charge in [0, 0.05) is 39.0 Å². The molecule has 1 heterocycles. The molecule has 0 atom stereocenters. The molecule has 1 aromatic carbocycles. The van der Waals surface area contributed by atoms with Crippen molar-refractivity contribution in [1.82, 2.24) is 15.2 Å². The molecule has 0 fully saturated rings. The van der Waals surface area contributed by atoms with Crippen molar-refractivity contribution in [1.29, 1.82) is 0 Å². The molecule has 2 amide bonds. The third-order valence-electron chi connectivity index (χ3n) is 3.88. The van der Waals surface area contributed by atoms with Crippen molar-refractivity contribution in [3.63, 3.8) is 0 Å². The molecule has 0 aliphatic carbocycles. The van der Waals surface area contributed by atoms with Gasteiger partial charge in [0.05, 0.1) is 12.7 Å². The Kier molecular flexibility index (Phi) is 6.95. The zero-order valence-electron chi connectivity index (χ0n) is 14.6. The van der Waals surface area contributed by atoms with E-state index in [0.717, 1.165) is 11.3 Å². The molecule has 0 saturated carbocycles. The fourth-order valence-electron chi connectivity index (χ4n) is 2.50. The third-order valence-corrected chi connectivity index (χ3v) is 3.88. The summed E-state index contributed by atoms with van der Waals surface area (Å²) in [5.74, 6) is 0.600. The molecule has 1 N–H and O–H groups in total. The number of para-hydroxylation sites is 1. The Morgan fingerprint density at radius 1 is 1.16 bits per heavy atom. The van der Waals surface area contributed by atoms with Crippen molar-refractivity contribution >= 4 is 11.8 Å². The van der Waals surface area contributed by atoms with Gasteiger partial charge in [-0.2, -0.15) is 0 Å². The molecule has 25 heavy (non-hydrogen) atoms. The minimum atomic E-state index is -0.193. The molecule has 132 valence electrons. The first kappa shape index (κ1) is 18.4. The average Bonchev–Trinajstić information content (AvgIpc) is 2.65. The highest BCUT2D eigenvalue weighted by molar-refractivity contribution is 5.93. The van der Waals surface area contributed by atoms with Crippen molar-refractivity contribution in [2.24, 2.45) is 0 Å². The fraction of sp³-hybridized carbons (Fsp3) is 0.316. The van der Waals surface area contributed by atoms with Crippen LogP contribution in [-0.2, 0) is 11.2 Å². The van der Waals surface area contributed by atoms with Gasteiger partial charge in [-0.25, -0.2) is 0 Å². The van der Waals surface area contributed by atoms with E-state index in [-0.39, 0.29) is 11.8 Å². The van der Waals surface area contributed by atoms with E-state index in [4.69, 9.17) is 4.74 Å². The average molecular weight is 341 g/mol. The van der Waals surface area contributed by atoms with E-state index >= 15 is 0 Å². The van der Waals surface area contributed by atoms with Crippen LogP contribution in [0.3, 0.4) is 0 Å². The van der Waals surface area contributed by atoms with Gasteiger partial charge in [-0.1, -0.05) is 18.2 Å². The molecule has 1 aromatic heterocycles. The molecule has 0 bridgehead atoms. The van der Waals surface area contributed by atoms with E-state index in [2.05, 4.69) is 10.3 Å². The Labute approximate surface area is 147 Å². The second-order valence-electron chi connectivity index (χ2n) is 5.57. The fourth-order valence-corrected chi connectivity index (χ4v) is 2.50. The van der Waals surface area contributed by atoms with Crippen LogP contribution >= 0.6 is 0 Å². The third kappa shape index (κ3) is 5.60. The van der Waals surface area contributed by atoms with Crippen LogP contribution in [0.25, 0.3) is 0 Å². The number of carbonyl (C=O) groups excluding carboxylic acids is 2. The van der Waals surface area contributed by atoms with Gasteiger partial charge in [0.2, 0.25) is 5.91 Å². The van der Waals surface area contributed by atoms with Gasteiger partial charge in [0.15, 0.2) is 0 Å². The van der Waals surface area contributed by atoms with Crippen LogP contribution in [0.5, 0.6) is 5.75 Å². The summed E-state index contributed by atoms with van der Waals surface area (Å²) in [5, 5.41) is 2.81. The van der Waals surface area contributed by atoms with Crippen molar-refractivity contribution in [2.45, 2.75) is 13.3 Å². The van der Waals surface area contributed by atoms with Crippen molar-refractivity contribution in [2.75, 3.05) is 26.7 Å². The molecule has 2 rings (SSSR count). The normalized spacial score (nSPS) is 10.2. The van der Waals surface area contributed by atoms with Crippen LogP contribution < -0.4 is 10.1 Å². The first-order valence-corrected chi connectivity index (χ1v) is 8.17. The topological polar surface area (TPSA) is 71.5 Å². The Morgan fingerprint density at radius 3 is 2.64 bits per heavy atom. The lowest BCUT2D eigenvalue weighted by atomic mass is 10.1. The Morgan fingerprint density at radius 2 is 1.96 bits per heavy atom. The number of rotatable bonds is 8. The van der Waals surface area contributed by atoms with Crippen molar-refractivity contribution in [3.8, 4) is 5.75 Å². The molecular weight excluding hydrogens is 318 g/mol. The van der Waals surface area contributed by atoms with Crippen LogP contribution in [0, 0.1) is 0 Å². The number of nitrogens with one attached hydrogen (secondary N) is 1. The highest BCUT2D eigenvalue weighted by Crippen LogP contribution is 2.17. The molecule has 6 nitrogen and oxygen atoms in total. The van der Waals surface area contributed by atoms with Gasteiger partial charge < -0.3 is 15.0 Å². The Bertz CT molecular complexity index is 704. The summed E-state index contributed by atoms with van der Waals surface area (Å²) >= 11 is 0. The van der Waals surface area contributed by atoms with E-state index < -0.39 is 0 Å². The maximum absolute atomic E-state index is 12.0. The number of hydrogen-bond acceptors (Lipinski definition) is 4. The van der Waals surface area contributed by atoms with E-state index in [1.165, 1.54) is 13.1 Å². The van der Waals surface area contributed by atoms with Crippen molar-refractivity contribution < 1.29 is 14.3 Å². The van der Waals surface area contributed by atoms with Crippen LogP contribution in [-0.4, -0.2) is 48.4 Å².